The Bertz CT molecular complexity index is 373. The maximum absolute atomic E-state index is 11.6. The van der Waals surface area contributed by atoms with E-state index in [1.807, 2.05) is 13.8 Å². The Kier molecular flexibility index (Phi) is 5.55. The lowest BCUT2D eigenvalue weighted by molar-refractivity contribution is -0.155. The van der Waals surface area contributed by atoms with Crippen LogP contribution in [0.1, 0.15) is 46.0 Å². The van der Waals surface area contributed by atoms with Gasteiger partial charge in [0.05, 0.1) is 12.0 Å². The van der Waals surface area contributed by atoms with Crippen LogP contribution in [0.15, 0.2) is 0 Å². The van der Waals surface area contributed by atoms with Crippen molar-refractivity contribution in [3.63, 3.8) is 0 Å². The zero-order valence-corrected chi connectivity index (χ0v) is 11.6. The van der Waals surface area contributed by atoms with Gasteiger partial charge >= 0.3 is 16.3 Å². The number of esters is 1. The van der Waals surface area contributed by atoms with Gasteiger partial charge in [-0.15, -0.1) is 0 Å². The summed E-state index contributed by atoms with van der Waals surface area (Å²) in [7, 11) is -3.89. The fourth-order valence-electron chi connectivity index (χ4n) is 1.88. The van der Waals surface area contributed by atoms with Crippen LogP contribution in [0.25, 0.3) is 0 Å². The molecule has 0 heterocycles. The third-order valence-electron chi connectivity index (χ3n) is 3.19. The summed E-state index contributed by atoms with van der Waals surface area (Å²) in [6.07, 6.45) is 2.53. The first-order valence-electron chi connectivity index (χ1n) is 6.23. The minimum atomic E-state index is -3.89. The molecule has 18 heavy (non-hydrogen) atoms. The van der Waals surface area contributed by atoms with E-state index < -0.39 is 16.4 Å². The Morgan fingerprint density at radius 3 is 2.22 bits per heavy atom. The SMILES string of the molecule is CCC(C)C(=O)OC1CCC(OS(N)(=O)=O)CC1. The van der Waals surface area contributed by atoms with E-state index in [2.05, 4.69) is 0 Å². The van der Waals surface area contributed by atoms with Crippen molar-refractivity contribution < 1.29 is 22.1 Å². The van der Waals surface area contributed by atoms with E-state index in [4.69, 9.17) is 14.1 Å². The summed E-state index contributed by atoms with van der Waals surface area (Å²) in [6, 6.07) is 0. The Morgan fingerprint density at radius 1 is 1.28 bits per heavy atom. The molecule has 2 N–H and O–H groups in total. The molecule has 1 aliphatic rings. The van der Waals surface area contributed by atoms with Crippen LogP contribution < -0.4 is 5.14 Å². The number of hydrogen-bond acceptors (Lipinski definition) is 5. The van der Waals surface area contributed by atoms with Crippen molar-refractivity contribution in [3.8, 4) is 0 Å². The second-order valence-electron chi connectivity index (χ2n) is 4.73. The molecule has 0 radical (unpaired) electrons. The Morgan fingerprint density at radius 2 is 1.78 bits per heavy atom. The number of ether oxygens (including phenoxy) is 1. The van der Waals surface area contributed by atoms with Crippen LogP contribution >= 0.6 is 0 Å². The van der Waals surface area contributed by atoms with Gasteiger partial charge in [-0.25, -0.2) is 5.14 Å². The second kappa shape index (κ2) is 6.49. The lowest BCUT2D eigenvalue weighted by Crippen LogP contribution is -2.32. The van der Waals surface area contributed by atoms with E-state index in [0.29, 0.717) is 25.7 Å². The van der Waals surface area contributed by atoms with Crippen molar-refractivity contribution in [2.45, 2.75) is 58.2 Å². The molecule has 6 nitrogen and oxygen atoms in total. The number of rotatable bonds is 5. The quantitative estimate of drug-likeness (QED) is 0.760. The molecule has 0 aliphatic heterocycles. The molecule has 1 saturated carbocycles. The summed E-state index contributed by atoms with van der Waals surface area (Å²) in [5.41, 5.74) is 0. The number of carbonyl (C=O) groups excluding carboxylic acids is 1. The summed E-state index contributed by atoms with van der Waals surface area (Å²) in [5, 5.41) is 4.80. The molecule has 1 fully saturated rings. The molecule has 0 aromatic heterocycles. The average Bonchev–Trinajstić information content (AvgIpc) is 2.28. The molecule has 0 spiro atoms. The van der Waals surface area contributed by atoms with Crippen LogP contribution in [0, 0.1) is 5.92 Å². The second-order valence-corrected chi connectivity index (χ2v) is 5.91. The highest BCUT2D eigenvalue weighted by Gasteiger charge is 2.27. The summed E-state index contributed by atoms with van der Waals surface area (Å²) >= 11 is 0. The van der Waals surface area contributed by atoms with Crippen LogP contribution in [-0.4, -0.2) is 26.6 Å². The van der Waals surface area contributed by atoms with Crippen LogP contribution in [0.3, 0.4) is 0 Å². The first-order valence-corrected chi connectivity index (χ1v) is 7.70. The minimum absolute atomic E-state index is 0.0941. The Hall–Kier alpha value is -0.660. The normalized spacial score (nSPS) is 26.6. The van der Waals surface area contributed by atoms with E-state index in [1.54, 1.807) is 0 Å². The third kappa shape index (κ3) is 5.32. The van der Waals surface area contributed by atoms with Gasteiger partial charge in [-0.1, -0.05) is 13.8 Å². The summed E-state index contributed by atoms with van der Waals surface area (Å²) in [5.74, 6) is -0.281. The van der Waals surface area contributed by atoms with Gasteiger partial charge in [0.2, 0.25) is 0 Å². The molecule has 1 unspecified atom stereocenters. The highest BCUT2D eigenvalue weighted by molar-refractivity contribution is 7.84. The van der Waals surface area contributed by atoms with E-state index in [9.17, 15) is 13.2 Å². The van der Waals surface area contributed by atoms with Crippen molar-refractivity contribution in [2.75, 3.05) is 0 Å². The molecule has 0 saturated heterocycles. The van der Waals surface area contributed by atoms with Gasteiger partial charge in [-0.3, -0.25) is 8.98 Å². The monoisotopic (exact) mass is 279 g/mol. The fraction of sp³-hybridized carbons (Fsp3) is 0.909. The first kappa shape index (κ1) is 15.4. The van der Waals surface area contributed by atoms with Crippen molar-refractivity contribution >= 4 is 16.3 Å². The smallest absolute Gasteiger partial charge is 0.333 e. The van der Waals surface area contributed by atoms with Gasteiger partial charge in [0.15, 0.2) is 0 Å². The molecule has 106 valence electrons. The molecule has 0 bridgehead atoms. The van der Waals surface area contributed by atoms with E-state index >= 15 is 0 Å². The summed E-state index contributed by atoms with van der Waals surface area (Å²) in [6.45, 7) is 3.76. The molecular weight excluding hydrogens is 258 g/mol. The predicted molar refractivity (Wildman–Crippen MR) is 65.8 cm³/mol. The van der Waals surface area contributed by atoms with Crippen molar-refractivity contribution in [1.82, 2.24) is 0 Å². The van der Waals surface area contributed by atoms with Gasteiger partial charge < -0.3 is 4.74 Å². The molecule has 1 aliphatic carbocycles. The van der Waals surface area contributed by atoms with Crippen molar-refractivity contribution in [3.05, 3.63) is 0 Å². The van der Waals surface area contributed by atoms with Gasteiger partial charge in [0.25, 0.3) is 0 Å². The first-order chi connectivity index (χ1) is 8.31. The molecule has 1 atom stereocenters. The fourth-order valence-corrected chi connectivity index (χ4v) is 2.45. The van der Waals surface area contributed by atoms with Gasteiger partial charge in [0, 0.05) is 0 Å². The van der Waals surface area contributed by atoms with Crippen molar-refractivity contribution in [2.24, 2.45) is 11.1 Å². The highest BCUT2D eigenvalue weighted by Crippen LogP contribution is 2.25. The van der Waals surface area contributed by atoms with Crippen LogP contribution in [0.5, 0.6) is 0 Å². The zero-order chi connectivity index (χ0) is 13.8. The van der Waals surface area contributed by atoms with Crippen LogP contribution in [-0.2, 0) is 24.0 Å². The lowest BCUT2D eigenvalue weighted by atomic mass is 9.95. The molecule has 0 aromatic carbocycles. The Balaban J connectivity index is 2.34. The number of carbonyl (C=O) groups is 1. The van der Waals surface area contributed by atoms with E-state index in [1.165, 1.54) is 0 Å². The van der Waals surface area contributed by atoms with Gasteiger partial charge in [0.1, 0.15) is 6.10 Å². The third-order valence-corrected chi connectivity index (χ3v) is 3.73. The summed E-state index contributed by atoms with van der Waals surface area (Å²) in [4.78, 5) is 11.6. The standard InChI is InChI=1S/C11H21NO5S/c1-3-8(2)11(13)16-9-4-6-10(7-5-9)17-18(12,14)15/h8-10H,3-7H2,1-2H3,(H2,12,14,15). The zero-order valence-electron chi connectivity index (χ0n) is 10.8. The highest BCUT2D eigenvalue weighted by atomic mass is 32.2. The van der Waals surface area contributed by atoms with Crippen LogP contribution in [0.2, 0.25) is 0 Å². The molecule has 7 heteroatoms. The number of nitrogens with two attached hydrogens (primary N) is 1. The lowest BCUT2D eigenvalue weighted by Gasteiger charge is -2.28. The minimum Gasteiger partial charge on any atom is -0.462 e. The van der Waals surface area contributed by atoms with E-state index in [0.717, 1.165) is 6.42 Å². The molecule has 1 rings (SSSR count). The maximum Gasteiger partial charge on any atom is 0.333 e. The average molecular weight is 279 g/mol. The van der Waals surface area contributed by atoms with E-state index in [-0.39, 0.29) is 18.0 Å². The predicted octanol–water partition coefficient (Wildman–Crippen LogP) is 1.11. The summed E-state index contributed by atoms with van der Waals surface area (Å²) < 4.78 is 31.6. The van der Waals surface area contributed by atoms with Crippen LogP contribution in [0.4, 0.5) is 0 Å². The Labute approximate surface area is 108 Å². The molecule has 0 aromatic rings. The largest absolute Gasteiger partial charge is 0.462 e. The molecular formula is C11H21NO5S. The van der Waals surface area contributed by atoms with Gasteiger partial charge in [-0.05, 0) is 32.1 Å². The topological polar surface area (TPSA) is 95.7 Å². The molecule has 0 amide bonds. The van der Waals surface area contributed by atoms with Gasteiger partial charge in [-0.2, -0.15) is 8.42 Å². The number of hydrogen-bond donors (Lipinski definition) is 1. The maximum atomic E-state index is 11.6. The van der Waals surface area contributed by atoms with Crippen molar-refractivity contribution in [1.29, 1.82) is 0 Å².